The lowest BCUT2D eigenvalue weighted by Gasteiger charge is -2.10. The molecule has 1 amide bonds. The van der Waals surface area contributed by atoms with Crippen LogP contribution in [0.3, 0.4) is 0 Å². The van der Waals surface area contributed by atoms with Crippen molar-refractivity contribution in [2.24, 2.45) is 0 Å². The maximum Gasteiger partial charge on any atom is 0.266 e. The molecule has 132 valence electrons. The van der Waals surface area contributed by atoms with Gasteiger partial charge in [0.25, 0.3) is 5.91 Å². The van der Waals surface area contributed by atoms with Gasteiger partial charge in [-0.05, 0) is 55.3 Å². The van der Waals surface area contributed by atoms with E-state index in [1.54, 1.807) is 18.2 Å². The van der Waals surface area contributed by atoms with Gasteiger partial charge in [0.15, 0.2) is 0 Å². The van der Waals surface area contributed by atoms with E-state index in [0.29, 0.717) is 23.6 Å². The van der Waals surface area contributed by atoms with E-state index in [1.807, 2.05) is 44.2 Å². The number of benzene rings is 2. The molecule has 0 aliphatic rings. The number of anilines is 1. The molecule has 0 aromatic heterocycles. The van der Waals surface area contributed by atoms with E-state index in [9.17, 15) is 10.1 Å². The Kier molecular flexibility index (Phi) is 6.76. The minimum Gasteiger partial charge on any atom is -0.489 e. The fourth-order valence-electron chi connectivity index (χ4n) is 2.28. The van der Waals surface area contributed by atoms with Crippen LogP contribution < -0.4 is 10.1 Å². The molecule has 0 radical (unpaired) electrons. The quantitative estimate of drug-likeness (QED) is 0.405. The van der Waals surface area contributed by atoms with Gasteiger partial charge in [-0.3, -0.25) is 4.79 Å². The number of halogens is 1. The number of nitriles is 1. The van der Waals surface area contributed by atoms with Crippen LogP contribution in [0.25, 0.3) is 6.08 Å². The number of carbonyl (C=O) groups excluding carboxylic acids is 1. The first kappa shape index (κ1) is 19.5. The lowest BCUT2D eigenvalue weighted by Crippen LogP contribution is -2.14. The van der Waals surface area contributed by atoms with E-state index in [4.69, 9.17) is 4.74 Å². The summed E-state index contributed by atoms with van der Waals surface area (Å²) in [6.45, 7) is 7.81. The van der Waals surface area contributed by atoms with Gasteiger partial charge in [-0.15, -0.1) is 0 Å². The fourth-order valence-corrected chi connectivity index (χ4v) is 2.66. The van der Waals surface area contributed by atoms with Crippen molar-refractivity contribution in [3.8, 4) is 11.8 Å². The zero-order chi connectivity index (χ0) is 19.1. The molecule has 0 unspecified atom stereocenters. The van der Waals surface area contributed by atoms with Gasteiger partial charge in [-0.2, -0.15) is 5.26 Å². The van der Waals surface area contributed by atoms with Gasteiger partial charge in [0.05, 0.1) is 0 Å². The Balaban J connectivity index is 2.34. The molecule has 5 heteroatoms. The molecule has 0 fully saturated rings. The number of carbonyl (C=O) groups is 1. The first-order chi connectivity index (χ1) is 12.4. The summed E-state index contributed by atoms with van der Waals surface area (Å²) in [4.78, 5) is 12.6. The zero-order valence-electron chi connectivity index (χ0n) is 14.7. The van der Waals surface area contributed by atoms with Crippen molar-refractivity contribution in [3.63, 3.8) is 0 Å². The largest absolute Gasteiger partial charge is 0.489 e. The topological polar surface area (TPSA) is 62.1 Å². The summed E-state index contributed by atoms with van der Waals surface area (Å²) in [5.41, 5.74) is 3.27. The van der Waals surface area contributed by atoms with Crippen molar-refractivity contribution >= 4 is 33.6 Å². The Hall–Kier alpha value is -2.84. The lowest BCUT2D eigenvalue weighted by molar-refractivity contribution is -0.112. The molecular weight excluding hydrogens is 392 g/mol. The summed E-state index contributed by atoms with van der Waals surface area (Å²) >= 11 is 3.40. The normalized spacial score (nSPS) is 10.8. The predicted octanol–water partition coefficient (Wildman–Crippen LogP) is 5.18. The Labute approximate surface area is 161 Å². The summed E-state index contributed by atoms with van der Waals surface area (Å²) in [6.07, 6.45) is 3.15. The van der Waals surface area contributed by atoms with Crippen LogP contribution in [0, 0.1) is 25.2 Å². The third-order valence-corrected chi connectivity index (χ3v) is 4.13. The van der Waals surface area contributed by atoms with Crippen LogP contribution in [-0.4, -0.2) is 12.5 Å². The number of nitrogens with one attached hydrogen (secondary N) is 1. The third-order valence-electron chi connectivity index (χ3n) is 3.63. The summed E-state index contributed by atoms with van der Waals surface area (Å²) in [6, 6.07) is 13.1. The summed E-state index contributed by atoms with van der Waals surface area (Å²) in [5.74, 6) is 0.108. The van der Waals surface area contributed by atoms with E-state index in [-0.39, 0.29) is 5.57 Å². The maximum atomic E-state index is 12.6. The highest BCUT2D eigenvalue weighted by Gasteiger charge is 2.13. The minimum absolute atomic E-state index is 0.00698. The molecule has 0 spiro atoms. The molecule has 0 atom stereocenters. The van der Waals surface area contributed by atoms with Crippen LogP contribution >= 0.6 is 15.9 Å². The van der Waals surface area contributed by atoms with Crippen molar-refractivity contribution in [2.75, 3.05) is 11.9 Å². The highest BCUT2D eigenvalue weighted by atomic mass is 79.9. The fraction of sp³-hybridized carbons (Fsp3) is 0.143. The molecule has 26 heavy (non-hydrogen) atoms. The number of ether oxygens (including phenoxy) is 1. The summed E-state index contributed by atoms with van der Waals surface area (Å²) < 4.78 is 6.42. The van der Waals surface area contributed by atoms with Gasteiger partial charge in [-0.1, -0.05) is 40.7 Å². The third kappa shape index (κ3) is 5.08. The molecule has 2 aromatic rings. The van der Waals surface area contributed by atoms with Gasteiger partial charge < -0.3 is 10.1 Å². The van der Waals surface area contributed by atoms with Crippen LogP contribution in [0.5, 0.6) is 5.75 Å². The molecule has 0 bridgehead atoms. The van der Waals surface area contributed by atoms with Gasteiger partial charge in [0, 0.05) is 15.7 Å². The second-order valence-corrected chi connectivity index (χ2v) is 6.64. The summed E-state index contributed by atoms with van der Waals surface area (Å²) in [7, 11) is 0. The van der Waals surface area contributed by atoms with Crippen LogP contribution in [0.4, 0.5) is 5.69 Å². The Morgan fingerprint density at radius 3 is 2.77 bits per heavy atom. The number of amides is 1. The molecule has 1 N–H and O–H groups in total. The number of hydrogen-bond donors (Lipinski definition) is 1. The Morgan fingerprint density at radius 2 is 2.08 bits per heavy atom. The van der Waals surface area contributed by atoms with Gasteiger partial charge in [0.2, 0.25) is 0 Å². The molecule has 2 rings (SSSR count). The lowest BCUT2D eigenvalue weighted by atomic mass is 10.1. The first-order valence-electron chi connectivity index (χ1n) is 7.98. The molecule has 0 saturated heterocycles. The zero-order valence-corrected chi connectivity index (χ0v) is 16.3. The smallest absolute Gasteiger partial charge is 0.266 e. The number of nitrogens with zero attached hydrogens (tertiary/aromatic N) is 1. The van der Waals surface area contributed by atoms with Gasteiger partial charge in [0.1, 0.15) is 24.0 Å². The number of hydrogen-bond acceptors (Lipinski definition) is 3. The Bertz CT molecular complexity index is 911. The van der Waals surface area contributed by atoms with Crippen molar-refractivity contribution in [1.29, 1.82) is 5.26 Å². The number of aryl methyl sites for hydroxylation is 2. The van der Waals surface area contributed by atoms with E-state index in [0.717, 1.165) is 15.6 Å². The molecule has 4 nitrogen and oxygen atoms in total. The molecule has 0 heterocycles. The van der Waals surface area contributed by atoms with E-state index in [2.05, 4.69) is 27.8 Å². The van der Waals surface area contributed by atoms with Crippen molar-refractivity contribution < 1.29 is 9.53 Å². The standard InChI is InChI=1S/C21H19BrN2O2/c1-4-9-26-20-8-7-18(22)12-16(20)11-17(13-23)21(25)24-19-10-14(2)5-6-15(19)3/h4-8,10-12H,1,9H2,2-3H3,(H,24,25). The molecule has 0 aliphatic heterocycles. The van der Waals surface area contributed by atoms with E-state index < -0.39 is 5.91 Å². The average Bonchev–Trinajstić information content (AvgIpc) is 2.61. The maximum absolute atomic E-state index is 12.6. The second kappa shape index (κ2) is 9.02. The Morgan fingerprint density at radius 1 is 1.31 bits per heavy atom. The predicted molar refractivity (Wildman–Crippen MR) is 108 cm³/mol. The monoisotopic (exact) mass is 410 g/mol. The highest BCUT2D eigenvalue weighted by Crippen LogP contribution is 2.26. The average molecular weight is 411 g/mol. The second-order valence-electron chi connectivity index (χ2n) is 5.72. The summed E-state index contributed by atoms with van der Waals surface area (Å²) in [5, 5.41) is 12.2. The number of rotatable bonds is 6. The molecule has 2 aromatic carbocycles. The van der Waals surface area contributed by atoms with Crippen LogP contribution in [0.1, 0.15) is 16.7 Å². The minimum atomic E-state index is -0.462. The first-order valence-corrected chi connectivity index (χ1v) is 8.77. The molecule has 0 saturated carbocycles. The van der Waals surface area contributed by atoms with Gasteiger partial charge in [-0.25, -0.2) is 0 Å². The SMILES string of the molecule is C=CCOc1ccc(Br)cc1C=C(C#N)C(=O)Nc1cc(C)ccc1C. The van der Waals surface area contributed by atoms with Crippen LogP contribution in [0.15, 0.2) is 59.1 Å². The van der Waals surface area contributed by atoms with Crippen LogP contribution in [0.2, 0.25) is 0 Å². The van der Waals surface area contributed by atoms with Crippen LogP contribution in [-0.2, 0) is 4.79 Å². The van der Waals surface area contributed by atoms with Crippen molar-refractivity contribution in [2.45, 2.75) is 13.8 Å². The van der Waals surface area contributed by atoms with Crippen molar-refractivity contribution in [3.05, 3.63) is 75.8 Å². The van der Waals surface area contributed by atoms with E-state index in [1.165, 1.54) is 6.08 Å². The molecule has 0 aliphatic carbocycles. The van der Waals surface area contributed by atoms with Gasteiger partial charge >= 0.3 is 0 Å². The molecular formula is C21H19BrN2O2. The van der Waals surface area contributed by atoms with E-state index >= 15 is 0 Å². The highest BCUT2D eigenvalue weighted by molar-refractivity contribution is 9.10. The van der Waals surface area contributed by atoms with Crippen molar-refractivity contribution in [1.82, 2.24) is 0 Å².